The van der Waals surface area contributed by atoms with Gasteiger partial charge in [-0.05, 0) is 24.7 Å². The molecule has 0 aliphatic rings. The van der Waals surface area contributed by atoms with Crippen LogP contribution in [-0.2, 0) is 12.8 Å². The number of aromatic nitrogens is 3. The zero-order chi connectivity index (χ0) is 12.9. The van der Waals surface area contributed by atoms with E-state index in [1.54, 1.807) is 0 Å². The van der Waals surface area contributed by atoms with E-state index in [4.69, 9.17) is 0 Å². The monoisotopic (exact) mass is 253 g/mol. The van der Waals surface area contributed by atoms with Crippen LogP contribution in [0.15, 0.2) is 12.7 Å². The molecule has 0 saturated carbocycles. The molecule has 3 nitrogen and oxygen atoms in total. The molecule has 0 atom stereocenters. The summed E-state index contributed by atoms with van der Waals surface area (Å²) in [5.41, 5.74) is 0.382. The van der Waals surface area contributed by atoms with Crippen LogP contribution in [0.4, 0.5) is 0 Å². The van der Waals surface area contributed by atoms with Gasteiger partial charge in [0.2, 0.25) is 0 Å². The molecule has 0 aliphatic heterocycles. The van der Waals surface area contributed by atoms with E-state index in [0.29, 0.717) is 5.41 Å². The molecule has 0 saturated heterocycles. The Hall–Kier alpha value is -0.770. The third-order valence-electron chi connectivity index (χ3n) is 2.67. The third-order valence-corrected chi connectivity index (χ3v) is 3.13. The second-order valence-corrected chi connectivity index (χ2v) is 5.99. The lowest BCUT2D eigenvalue weighted by atomic mass is 9.90. The minimum absolute atomic E-state index is 0.382. The van der Waals surface area contributed by atoms with Crippen LogP contribution in [-0.4, -0.2) is 14.2 Å². The first kappa shape index (κ1) is 14.3. The molecule has 96 valence electrons. The fourth-order valence-corrected chi connectivity index (χ4v) is 1.95. The molecule has 0 bridgehead atoms. The van der Waals surface area contributed by atoms with Gasteiger partial charge in [-0.2, -0.15) is 0 Å². The normalized spacial score (nSPS) is 11.8. The number of rotatable bonds is 6. The number of thiol groups is 1. The molecular weight excluding hydrogens is 230 g/mol. The van der Waals surface area contributed by atoms with Crippen LogP contribution in [0.5, 0.6) is 0 Å². The maximum Gasteiger partial charge on any atom is 0.143 e. The van der Waals surface area contributed by atoms with Crippen LogP contribution in [0, 0.1) is 5.41 Å². The van der Waals surface area contributed by atoms with Gasteiger partial charge in [0.15, 0.2) is 0 Å². The Balaban J connectivity index is 2.49. The van der Waals surface area contributed by atoms with Gasteiger partial charge in [-0.1, -0.05) is 39.7 Å². The molecule has 1 aromatic rings. The maximum absolute atomic E-state index is 4.44. The Morgan fingerprint density at radius 3 is 2.35 bits per heavy atom. The van der Waals surface area contributed by atoms with Gasteiger partial charge in [-0.15, -0.1) is 16.8 Å². The van der Waals surface area contributed by atoms with Crippen LogP contribution in [0.2, 0.25) is 0 Å². The quantitative estimate of drug-likeness (QED) is 0.622. The maximum atomic E-state index is 4.44. The summed E-state index contributed by atoms with van der Waals surface area (Å²) < 4.78 is 1.83. The van der Waals surface area contributed by atoms with E-state index in [0.717, 1.165) is 37.3 Å². The summed E-state index contributed by atoms with van der Waals surface area (Å²) in [6.45, 7) is 10.5. The van der Waals surface area contributed by atoms with E-state index >= 15 is 0 Å². The number of aryl methyl sites for hydroxylation is 2. The molecule has 0 spiro atoms. The van der Waals surface area contributed by atoms with Gasteiger partial charge in [-0.25, -0.2) is 0 Å². The second kappa shape index (κ2) is 6.24. The average molecular weight is 253 g/mol. The summed E-state index contributed by atoms with van der Waals surface area (Å²) in [7, 11) is 0. The predicted octanol–water partition coefficient (Wildman–Crippen LogP) is 3.46. The summed E-state index contributed by atoms with van der Waals surface area (Å²) in [6.07, 6.45) is 6.93. The molecule has 1 aromatic heterocycles. The number of hydrogen-bond acceptors (Lipinski definition) is 3. The first-order valence-electron chi connectivity index (χ1n) is 6.17. The van der Waals surface area contributed by atoms with Crippen LogP contribution in [0.25, 0.3) is 0 Å². The van der Waals surface area contributed by atoms with E-state index in [1.165, 1.54) is 6.42 Å². The summed E-state index contributed by atoms with van der Waals surface area (Å²) in [5.74, 6) is 1.90. The van der Waals surface area contributed by atoms with Crippen molar-refractivity contribution in [3.63, 3.8) is 0 Å². The lowest BCUT2D eigenvalue weighted by Gasteiger charge is -2.17. The van der Waals surface area contributed by atoms with Gasteiger partial charge in [0.1, 0.15) is 11.6 Å². The van der Waals surface area contributed by atoms with E-state index in [-0.39, 0.29) is 0 Å². The van der Waals surface area contributed by atoms with Gasteiger partial charge in [0.05, 0.1) is 0 Å². The average Bonchev–Trinajstić information content (AvgIpc) is 2.56. The second-order valence-electron chi connectivity index (χ2n) is 5.59. The minimum atomic E-state index is 0.382. The molecule has 0 radical (unpaired) electrons. The molecule has 0 aliphatic carbocycles. The van der Waals surface area contributed by atoms with Crippen molar-refractivity contribution in [2.45, 2.75) is 52.9 Å². The summed E-state index contributed by atoms with van der Waals surface area (Å²) in [5, 5.41) is 8.35. The van der Waals surface area contributed by atoms with Crippen molar-refractivity contribution < 1.29 is 0 Å². The molecule has 0 unspecified atom stereocenters. The van der Waals surface area contributed by atoms with Crippen molar-refractivity contribution in [3.8, 4) is 0 Å². The Morgan fingerprint density at radius 2 is 1.82 bits per heavy atom. The SMILES string of the molecule is C=CCCc1nnc(CCCC(C)(C)C)n1S. The lowest BCUT2D eigenvalue weighted by molar-refractivity contribution is 0.364. The first-order valence-corrected chi connectivity index (χ1v) is 6.57. The number of hydrogen-bond donors (Lipinski definition) is 1. The van der Waals surface area contributed by atoms with Crippen molar-refractivity contribution >= 4 is 12.8 Å². The Kier molecular flexibility index (Phi) is 5.25. The summed E-state index contributed by atoms with van der Waals surface area (Å²) in [6, 6.07) is 0. The molecule has 4 heteroatoms. The fourth-order valence-electron chi connectivity index (χ4n) is 1.67. The molecular formula is C13H23N3S. The third kappa shape index (κ3) is 4.94. The predicted molar refractivity (Wildman–Crippen MR) is 75.3 cm³/mol. The molecule has 0 N–H and O–H groups in total. The smallest absolute Gasteiger partial charge is 0.143 e. The van der Waals surface area contributed by atoms with Gasteiger partial charge in [0, 0.05) is 12.8 Å². The Labute approximate surface area is 110 Å². The highest BCUT2D eigenvalue weighted by Gasteiger charge is 2.12. The van der Waals surface area contributed by atoms with Gasteiger partial charge >= 0.3 is 0 Å². The highest BCUT2D eigenvalue weighted by molar-refractivity contribution is 7.78. The van der Waals surface area contributed by atoms with Gasteiger partial charge < -0.3 is 0 Å². The van der Waals surface area contributed by atoms with Crippen LogP contribution >= 0.6 is 12.8 Å². The lowest BCUT2D eigenvalue weighted by Crippen LogP contribution is -2.06. The highest BCUT2D eigenvalue weighted by atomic mass is 32.1. The standard InChI is InChI=1S/C13H23N3S/c1-5-6-8-11-14-15-12(16(11)17)9-7-10-13(2,3)4/h5,17H,1,6-10H2,2-4H3. The van der Waals surface area contributed by atoms with Crippen molar-refractivity contribution in [1.82, 2.24) is 14.2 Å². The number of allylic oxidation sites excluding steroid dienone is 1. The summed E-state index contributed by atoms with van der Waals surface area (Å²) in [4.78, 5) is 0. The molecule has 1 rings (SSSR count). The largest absolute Gasteiger partial charge is 0.258 e. The van der Waals surface area contributed by atoms with E-state index in [2.05, 4.69) is 50.4 Å². The van der Waals surface area contributed by atoms with Crippen molar-refractivity contribution in [2.24, 2.45) is 5.41 Å². The molecule has 17 heavy (non-hydrogen) atoms. The minimum Gasteiger partial charge on any atom is -0.258 e. The van der Waals surface area contributed by atoms with Crippen molar-refractivity contribution in [1.29, 1.82) is 0 Å². The molecule has 0 amide bonds. The van der Waals surface area contributed by atoms with Gasteiger partial charge in [0.25, 0.3) is 0 Å². The Bertz CT molecular complexity index is 363. The van der Waals surface area contributed by atoms with Gasteiger partial charge in [-0.3, -0.25) is 3.97 Å². The van der Waals surface area contributed by atoms with Crippen LogP contribution < -0.4 is 0 Å². The molecule has 1 heterocycles. The van der Waals surface area contributed by atoms with Crippen molar-refractivity contribution in [2.75, 3.05) is 0 Å². The molecule has 0 fully saturated rings. The Morgan fingerprint density at radius 1 is 1.24 bits per heavy atom. The summed E-state index contributed by atoms with van der Waals surface area (Å²) >= 11 is 4.44. The fraction of sp³-hybridized carbons (Fsp3) is 0.692. The zero-order valence-corrected chi connectivity index (χ0v) is 12.0. The van der Waals surface area contributed by atoms with E-state index in [1.807, 2.05) is 10.0 Å². The van der Waals surface area contributed by atoms with Crippen LogP contribution in [0.3, 0.4) is 0 Å². The zero-order valence-electron chi connectivity index (χ0n) is 11.1. The van der Waals surface area contributed by atoms with E-state index in [9.17, 15) is 0 Å². The van der Waals surface area contributed by atoms with Crippen LogP contribution in [0.1, 0.15) is 51.7 Å². The molecule has 0 aromatic carbocycles. The van der Waals surface area contributed by atoms with Crippen molar-refractivity contribution in [3.05, 3.63) is 24.3 Å². The topological polar surface area (TPSA) is 30.7 Å². The number of nitrogens with zero attached hydrogens (tertiary/aromatic N) is 3. The van der Waals surface area contributed by atoms with E-state index < -0.39 is 0 Å². The first-order chi connectivity index (χ1) is 7.94. The highest BCUT2D eigenvalue weighted by Crippen LogP contribution is 2.22.